The van der Waals surface area contributed by atoms with E-state index >= 15 is 0 Å². The normalized spacial score (nSPS) is 22.2. The molecule has 1 atom stereocenters. The molecule has 12 heavy (non-hydrogen) atoms. The van der Waals surface area contributed by atoms with Gasteiger partial charge in [-0.3, -0.25) is 0 Å². The van der Waals surface area contributed by atoms with E-state index in [0.29, 0.717) is 5.92 Å². The third-order valence-electron chi connectivity index (χ3n) is 2.69. The number of hydrogen-bond donors (Lipinski definition) is 0. The van der Waals surface area contributed by atoms with Crippen molar-refractivity contribution < 1.29 is 4.39 Å². The largest absolute Gasteiger partial charge is 0.310 e. The number of halogens is 1. The Balaban J connectivity index is 2.63. The van der Waals surface area contributed by atoms with Crippen LogP contribution >= 0.6 is 0 Å². The first-order chi connectivity index (χ1) is 5.55. The van der Waals surface area contributed by atoms with Crippen LogP contribution in [0.25, 0.3) is 4.85 Å². The van der Waals surface area contributed by atoms with E-state index in [1.165, 1.54) is 26.7 Å². The summed E-state index contributed by atoms with van der Waals surface area (Å²) in [5.41, 5.74) is -1.32. The molecule has 0 aromatic heterocycles. The molecule has 0 radical (unpaired) electrons. The molecule has 0 N–H and O–H groups in total. The van der Waals surface area contributed by atoms with Crippen molar-refractivity contribution in [2.24, 2.45) is 5.92 Å². The summed E-state index contributed by atoms with van der Waals surface area (Å²) in [5, 5.41) is 0. The molecular formula is C10H16FN. The number of nitrogens with zero attached hydrogens (tertiary/aromatic N) is 1. The molecule has 0 saturated heterocycles. The molecule has 1 nitrogen and oxygen atoms in total. The smallest absolute Gasteiger partial charge is 0.259 e. The van der Waals surface area contributed by atoms with Crippen molar-refractivity contribution in [3.05, 3.63) is 11.4 Å². The second kappa shape index (κ2) is 3.43. The Morgan fingerprint density at radius 3 is 2.25 bits per heavy atom. The first-order valence-electron chi connectivity index (χ1n) is 4.61. The zero-order chi connectivity index (χ0) is 9.19. The summed E-state index contributed by atoms with van der Waals surface area (Å²) in [5.74, 6) is 0.308. The lowest BCUT2D eigenvalue weighted by atomic mass is 9.88. The van der Waals surface area contributed by atoms with Gasteiger partial charge in [0.15, 0.2) is 5.67 Å². The zero-order valence-electron chi connectivity index (χ0n) is 7.81. The fourth-order valence-corrected chi connectivity index (χ4v) is 2.09. The molecule has 1 fully saturated rings. The van der Waals surface area contributed by atoms with E-state index in [2.05, 4.69) is 4.85 Å². The van der Waals surface area contributed by atoms with Gasteiger partial charge in [0.05, 0.1) is 0 Å². The summed E-state index contributed by atoms with van der Waals surface area (Å²) < 4.78 is 13.5. The third kappa shape index (κ3) is 1.97. The quantitative estimate of drug-likeness (QED) is 0.559. The molecule has 0 bridgehead atoms. The van der Waals surface area contributed by atoms with Gasteiger partial charge in [-0.1, -0.05) is 12.8 Å². The number of rotatable bonds is 2. The van der Waals surface area contributed by atoms with Crippen LogP contribution in [0, 0.1) is 12.5 Å². The van der Waals surface area contributed by atoms with Crippen LogP contribution in [-0.2, 0) is 0 Å². The molecule has 0 amide bonds. The summed E-state index contributed by atoms with van der Waals surface area (Å²) >= 11 is 0. The fraction of sp³-hybridized carbons (Fsp3) is 0.900. The SMILES string of the molecule is [C-]#[N+]C(C1CCCC1)C(C)(C)F. The van der Waals surface area contributed by atoms with Gasteiger partial charge in [0.25, 0.3) is 6.04 Å². The van der Waals surface area contributed by atoms with Gasteiger partial charge in [-0.2, -0.15) is 0 Å². The third-order valence-corrected chi connectivity index (χ3v) is 2.69. The Morgan fingerprint density at radius 2 is 1.92 bits per heavy atom. The first kappa shape index (κ1) is 9.51. The molecular weight excluding hydrogens is 153 g/mol. The highest BCUT2D eigenvalue weighted by Crippen LogP contribution is 2.35. The van der Waals surface area contributed by atoms with Crippen molar-refractivity contribution in [1.82, 2.24) is 0 Å². The second-order valence-electron chi connectivity index (χ2n) is 4.18. The van der Waals surface area contributed by atoms with Crippen LogP contribution < -0.4 is 0 Å². The summed E-state index contributed by atoms with van der Waals surface area (Å²) in [6.07, 6.45) is 4.43. The Labute approximate surface area is 73.8 Å². The zero-order valence-corrected chi connectivity index (χ0v) is 7.81. The van der Waals surface area contributed by atoms with Crippen molar-refractivity contribution in [3.8, 4) is 0 Å². The van der Waals surface area contributed by atoms with Crippen LogP contribution in [0.3, 0.4) is 0 Å². The van der Waals surface area contributed by atoms with Crippen LogP contribution in [0.1, 0.15) is 39.5 Å². The maximum atomic E-state index is 13.5. The van der Waals surface area contributed by atoms with E-state index in [1.807, 2.05) is 0 Å². The summed E-state index contributed by atoms with van der Waals surface area (Å²) in [6, 6.07) is -0.417. The minimum Gasteiger partial charge on any atom is -0.310 e. The first-order valence-corrected chi connectivity index (χ1v) is 4.61. The average Bonchev–Trinajstić information content (AvgIpc) is 2.38. The Morgan fingerprint density at radius 1 is 1.42 bits per heavy atom. The molecule has 0 aromatic carbocycles. The average molecular weight is 169 g/mol. The second-order valence-corrected chi connectivity index (χ2v) is 4.18. The van der Waals surface area contributed by atoms with E-state index in [-0.39, 0.29) is 0 Å². The Kier molecular flexibility index (Phi) is 2.72. The van der Waals surface area contributed by atoms with Crippen molar-refractivity contribution in [2.75, 3.05) is 0 Å². The van der Waals surface area contributed by atoms with E-state index in [0.717, 1.165) is 12.8 Å². The summed E-state index contributed by atoms with van der Waals surface area (Å²) in [7, 11) is 0. The lowest BCUT2D eigenvalue weighted by Crippen LogP contribution is -2.34. The van der Waals surface area contributed by atoms with E-state index in [9.17, 15) is 4.39 Å². The Bertz CT molecular complexity index is 181. The molecule has 0 aromatic rings. The Hall–Kier alpha value is -0.580. The monoisotopic (exact) mass is 169 g/mol. The highest BCUT2D eigenvalue weighted by Gasteiger charge is 2.42. The minimum absolute atomic E-state index is 0.308. The maximum absolute atomic E-state index is 13.5. The van der Waals surface area contributed by atoms with E-state index in [4.69, 9.17) is 6.57 Å². The molecule has 0 aliphatic heterocycles. The molecule has 1 aliphatic rings. The van der Waals surface area contributed by atoms with Gasteiger partial charge in [-0.25, -0.2) is 11.0 Å². The van der Waals surface area contributed by atoms with Crippen LogP contribution in [-0.4, -0.2) is 11.7 Å². The van der Waals surface area contributed by atoms with Crippen molar-refractivity contribution in [2.45, 2.75) is 51.2 Å². The van der Waals surface area contributed by atoms with Crippen molar-refractivity contribution >= 4 is 0 Å². The van der Waals surface area contributed by atoms with Crippen molar-refractivity contribution in [3.63, 3.8) is 0 Å². The molecule has 1 saturated carbocycles. The molecule has 68 valence electrons. The van der Waals surface area contributed by atoms with Crippen LogP contribution in [0.5, 0.6) is 0 Å². The van der Waals surface area contributed by atoms with Gasteiger partial charge in [0.2, 0.25) is 0 Å². The molecule has 2 heteroatoms. The van der Waals surface area contributed by atoms with E-state index in [1.54, 1.807) is 0 Å². The topological polar surface area (TPSA) is 4.36 Å². The van der Waals surface area contributed by atoms with Gasteiger partial charge in [0.1, 0.15) is 0 Å². The van der Waals surface area contributed by atoms with Crippen molar-refractivity contribution in [1.29, 1.82) is 0 Å². The van der Waals surface area contributed by atoms with Gasteiger partial charge in [-0.15, -0.1) is 0 Å². The number of alkyl halides is 1. The van der Waals surface area contributed by atoms with Gasteiger partial charge >= 0.3 is 0 Å². The molecule has 0 spiro atoms. The highest BCUT2D eigenvalue weighted by molar-refractivity contribution is 4.98. The standard InChI is InChI=1S/C10H16FN/c1-10(2,11)9(12-3)8-6-4-5-7-8/h8-9H,4-7H2,1-2H3. The van der Waals surface area contributed by atoms with Crippen LogP contribution in [0.4, 0.5) is 4.39 Å². The summed E-state index contributed by atoms with van der Waals surface area (Å²) in [4.78, 5) is 3.42. The lowest BCUT2D eigenvalue weighted by molar-refractivity contribution is 0.157. The fourth-order valence-electron chi connectivity index (χ4n) is 2.09. The predicted molar refractivity (Wildman–Crippen MR) is 47.5 cm³/mol. The summed E-state index contributed by atoms with van der Waals surface area (Å²) in [6.45, 7) is 10.0. The van der Waals surface area contributed by atoms with E-state index < -0.39 is 11.7 Å². The number of hydrogen-bond acceptors (Lipinski definition) is 0. The molecule has 1 unspecified atom stereocenters. The lowest BCUT2D eigenvalue weighted by Gasteiger charge is -2.21. The molecule has 1 aliphatic carbocycles. The maximum Gasteiger partial charge on any atom is 0.259 e. The molecule has 0 heterocycles. The minimum atomic E-state index is -1.32. The van der Waals surface area contributed by atoms with Gasteiger partial charge in [0, 0.05) is 5.92 Å². The van der Waals surface area contributed by atoms with Crippen LogP contribution in [0.2, 0.25) is 0 Å². The van der Waals surface area contributed by atoms with Gasteiger partial charge < -0.3 is 4.85 Å². The highest BCUT2D eigenvalue weighted by atomic mass is 19.1. The van der Waals surface area contributed by atoms with Gasteiger partial charge in [-0.05, 0) is 26.7 Å². The van der Waals surface area contributed by atoms with Crippen LogP contribution in [0.15, 0.2) is 0 Å². The molecule has 1 rings (SSSR count). The predicted octanol–water partition coefficient (Wildman–Crippen LogP) is 3.21.